The molecule has 12 heavy (non-hydrogen) atoms. The molecule has 2 N–H and O–H groups in total. The van der Waals surface area contributed by atoms with E-state index in [1.165, 1.54) is 11.1 Å². The smallest absolute Gasteiger partial charge is 0.0930 e. The fourth-order valence-electron chi connectivity index (χ4n) is 0.990. The van der Waals surface area contributed by atoms with E-state index in [0.29, 0.717) is 6.61 Å². The van der Waals surface area contributed by atoms with Gasteiger partial charge in [0.2, 0.25) is 0 Å². The summed E-state index contributed by atoms with van der Waals surface area (Å²) in [5, 5.41) is 0. The zero-order valence-corrected chi connectivity index (χ0v) is 6.92. The van der Waals surface area contributed by atoms with Gasteiger partial charge in [0.1, 0.15) is 0 Å². The van der Waals surface area contributed by atoms with Crippen LogP contribution in [0.4, 0.5) is 0 Å². The maximum Gasteiger partial charge on any atom is 0.0930 e. The highest BCUT2D eigenvalue weighted by molar-refractivity contribution is 5.29. The molecule has 0 aliphatic rings. The molecular formula is C10H17NO. The number of hydrogen-bond acceptors (Lipinski definition) is 2. The first-order valence-corrected chi connectivity index (χ1v) is 3.62. The molecule has 0 heterocycles. The molecule has 1 rings (SSSR count). The van der Waals surface area contributed by atoms with Gasteiger partial charge >= 0.3 is 0 Å². The Balaban J connectivity index is 0.00000121. The van der Waals surface area contributed by atoms with E-state index in [4.69, 9.17) is 5.90 Å². The Morgan fingerprint density at radius 1 is 1.25 bits per heavy atom. The van der Waals surface area contributed by atoms with Crippen LogP contribution in [0.25, 0.3) is 0 Å². The van der Waals surface area contributed by atoms with Gasteiger partial charge in [-0.1, -0.05) is 25.6 Å². The van der Waals surface area contributed by atoms with Crippen molar-refractivity contribution in [2.75, 3.05) is 0 Å². The van der Waals surface area contributed by atoms with Crippen molar-refractivity contribution in [3.63, 3.8) is 0 Å². The minimum Gasteiger partial charge on any atom is -0.300 e. The van der Waals surface area contributed by atoms with Crippen LogP contribution < -0.4 is 5.90 Å². The van der Waals surface area contributed by atoms with Crippen molar-refractivity contribution in [2.24, 2.45) is 5.90 Å². The molecule has 1 aromatic rings. The average Bonchev–Trinajstić information content (AvgIpc) is 1.98. The van der Waals surface area contributed by atoms with E-state index in [9.17, 15) is 0 Å². The van der Waals surface area contributed by atoms with Gasteiger partial charge in [0.25, 0.3) is 0 Å². The van der Waals surface area contributed by atoms with Gasteiger partial charge in [-0.2, -0.15) is 0 Å². The van der Waals surface area contributed by atoms with Crippen LogP contribution in [0.2, 0.25) is 0 Å². The first kappa shape index (κ1) is 11.1. The Kier molecular flexibility index (Phi) is 4.55. The van der Waals surface area contributed by atoms with Crippen molar-refractivity contribution in [1.82, 2.24) is 0 Å². The molecule has 0 aliphatic carbocycles. The van der Waals surface area contributed by atoms with Crippen molar-refractivity contribution in [2.45, 2.75) is 27.9 Å². The van der Waals surface area contributed by atoms with Crippen LogP contribution in [0.3, 0.4) is 0 Å². The molecule has 0 radical (unpaired) electrons. The predicted molar refractivity (Wildman–Crippen MR) is 51.6 cm³/mol. The number of hydrogen-bond donors (Lipinski definition) is 1. The zero-order valence-electron chi connectivity index (χ0n) is 6.92. The number of rotatable bonds is 2. The molecule has 2 nitrogen and oxygen atoms in total. The monoisotopic (exact) mass is 167 g/mol. The quantitative estimate of drug-likeness (QED) is 0.686. The highest BCUT2D eigenvalue weighted by atomic mass is 16.6. The van der Waals surface area contributed by atoms with E-state index in [2.05, 4.69) is 30.8 Å². The third-order valence-electron chi connectivity index (χ3n) is 1.82. The molecular weight excluding hydrogens is 150 g/mol. The topological polar surface area (TPSA) is 35.2 Å². The maximum absolute atomic E-state index is 4.95. The standard InChI is InChI=1S/C9H13NO.CH4/c1-7-3-4-9(6-11-10)5-8(7)2;/h3-5H,6,10H2,1-2H3;1H4. The Morgan fingerprint density at radius 3 is 2.42 bits per heavy atom. The van der Waals surface area contributed by atoms with Crippen molar-refractivity contribution in [3.8, 4) is 0 Å². The summed E-state index contributed by atoms with van der Waals surface area (Å²) in [5.41, 5.74) is 3.70. The van der Waals surface area contributed by atoms with E-state index in [1.54, 1.807) is 0 Å². The second-order valence-corrected chi connectivity index (χ2v) is 2.73. The fraction of sp³-hybridized carbons (Fsp3) is 0.400. The minimum absolute atomic E-state index is 0. The molecule has 0 saturated carbocycles. The zero-order chi connectivity index (χ0) is 8.27. The first-order valence-electron chi connectivity index (χ1n) is 3.62. The fourth-order valence-corrected chi connectivity index (χ4v) is 0.990. The number of benzene rings is 1. The molecule has 0 fully saturated rings. The summed E-state index contributed by atoms with van der Waals surface area (Å²) in [6.07, 6.45) is 0. The van der Waals surface area contributed by atoms with Crippen molar-refractivity contribution in [3.05, 3.63) is 34.9 Å². The third kappa shape index (κ3) is 2.64. The van der Waals surface area contributed by atoms with Crippen LogP contribution in [0.5, 0.6) is 0 Å². The Hall–Kier alpha value is -0.860. The molecule has 0 atom stereocenters. The van der Waals surface area contributed by atoms with Crippen LogP contribution in [0.15, 0.2) is 18.2 Å². The molecule has 0 spiro atoms. The van der Waals surface area contributed by atoms with E-state index >= 15 is 0 Å². The Morgan fingerprint density at radius 2 is 1.92 bits per heavy atom. The number of nitrogens with two attached hydrogens (primary N) is 1. The Labute approximate surface area is 74.3 Å². The van der Waals surface area contributed by atoms with Crippen molar-refractivity contribution < 1.29 is 4.84 Å². The lowest BCUT2D eigenvalue weighted by Crippen LogP contribution is -1.99. The van der Waals surface area contributed by atoms with Crippen LogP contribution in [0.1, 0.15) is 24.1 Å². The molecule has 0 saturated heterocycles. The normalized spacial score (nSPS) is 9.25. The third-order valence-corrected chi connectivity index (χ3v) is 1.82. The lowest BCUT2D eigenvalue weighted by atomic mass is 10.1. The van der Waals surface area contributed by atoms with Gasteiger partial charge < -0.3 is 0 Å². The van der Waals surface area contributed by atoms with E-state index in [0.717, 1.165) is 5.56 Å². The summed E-state index contributed by atoms with van der Waals surface area (Å²) in [6.45, 7) is 4.65. The molecule has 0 bridgehead atoms. The molecule has 0 aromatic heterocycles. The lowest BCUT2D eigenvalue weighted by Gasteiger charge is -2.02. The summed E-state index contributed by atoms with van der Waals surface area (Å²) in [4.78, 5) is 4.52. The van der Waals surface area contributed by atoms with E-state index in [1.807, 2.05) is 6.07 Å². The second-order valence-electron chi connectivity index (χ2n) is 2.73. The summed E-state index contributed by atoms with van der Waals surface area (Å²) in [5.74, 6) is 4.95. The first-order chi connectivity index (χ1) is 5.24. The van der Waals surface area contributed by atoms with Gasteiger partial charge in [-0.15, -0.1) is 0 Å². The van der Waals surface area contributed by atoms with Gasteiger partial charge in [-0.3, -0.25) is 4.84 Å². The maximum atomic E-state index is 4.95. The van der Waals surface area contributed by atoms with Gasteiger partial charge in [-0.25, -0.2) is 5.90 Å². The van der Waals surface area contributed by atoms with Crippen molar-refractivity contribution in [1.29, 1.82) is 0 Å². The van der Waals surface area contributed by atoms with Crippen LogP contribution in [-0.2, 0) is 11.4 Å². The molecule has 0 unspecified atom stereocenters. The summed E-state index contributed by atoms with van der Waals surface area (Å²) in [6, 6.07) is 6.18. The van der Waals surface area contributed by atoms with Gasteiger partial charge in [0, 0.05) is 0 Å². The minimum atomic E-state index is 0. The molecule has 0 amide bonds. The molecule has 68 valence electrons. The molecule has 1 aromatic carbocycles. The van der Waals surface area contributed by atoms with Crippen LogP contribution in [-0.4, -0.2) is 0 Å². The van der Waals surface area contributed by atoms with Crippen LogP contribution in [0, 0.1) is 13.8 Å². The van der Waals surface area contributed by atoms with E-state index < -0.39 is 0 Å². The molecule has 2 heteroatoms. The predicted octanol–water partition coefficient (Wildman–Crippen LogP) is 2.33. The van der Waals surface area contributed by atoms with Crippen molar-refractivity contribution >= 4 is 0 Å². The Bertz CT molecular complexity index is 246. The van der Waals surface area contributed by atoms with E-state index in [-0.39, 0.29) is 7.43 Å². The summed E-state index contributed by atoms with van der Waals surface area (Å²) in [7, 11) is 0. The summed E-state index contributed by atoms with van der Waals surface area (Å²) >= 11 is 0. The summed E-state index contributed by atoms with van der Waals surface area (Å²) < 4.78 is 0. The van der Waals surface area contributed by atoms with Gasteiger partial charge in [0.05, 0.1) is 6.61 Å². The molecule has 0 aliphatic heterocycles. The highest BCUT2D eigenvalue weighted by Gasteiger charge is 1.94. The van der Waals surface area contributed by atoms with Crippen LogP contribution >= 0.6 is 0 Å². The second kappa shape index (κ2) is 4.91. The SMILES string of the molecule is C.Cc1ccc(CON)cc1C. The lowest BCUT2D eigenvalue weighted by molar-refractivity contribution is 0.124. The van der Waals surface area contributed by atoms with Gasteiger partial charge in [-0.05, 0) is 30.5 Å². The largest absolute Gasteiger partial charge is 0.300 e. The average molecular weight is 167 g/mol. The van der Waals surface area contributed by atoms with Gasteiger partial charge in [0.15, 0.2) is 0 Å². The highest BCUT2D eigenvalue weighted by Crippen LogP contribution is 2.09. The number of aryl methyl sites for hydroxylation is 2.